The number of guanidine groups is 1. The number of Topliss-reactive ketones (excluding diaryl/α,β-unsaturated/α-hetero) is 1. The molecule has 4 aliphatic rings. The first kappa shape index (κ1) is 32.8. The average Bonchev–Trinajstić information content (AvgIpc) is 3.27. The monoisotopic (exact) mass is 605 g/mol. The number of carbonyl (C=O) groups is 2. The van der Waals surface area contributed by atoms with E-state index in [4.69, 9.17) is 15.0 Å². The molecule has 14 heteroatoms. The van der Waals surface area contributed by atoms with Crippen molar-refractivity contribution in [2.45, 2.75) is 90.8 Å². The predicted molar refractivity (Wildman–Crippen MR) is 156 cm³/mol. The number of benzene rings is 1. The minimum Gasteiger partial charge on any atom is -0.404 e. The van der Waals surface area contributed by atoms with Crippen LogP contribution in [0.3, 0.4) is 0 Å². The first-order valence-electron chi connectivity index (χ1n) is 14.9. The fourth-order valence-electron chi connectivity index (χ4n) is 7.16. The van der Waals surface area contributed by atoms with E-state index in [1.807, 2.05) is 13.8 Å². The summed E-state index contributed by atoms with van der Waals surface area (Å²) in [5.41, 5.74) is 6.46. The molecule has 3 aliphatic carbocycles. The van der Waals surface area contributed by atoms with Crippen molar-refractivity contribution < 1.29 is 32.7 Å². The topological polar surface area (TPSA) is 158 Å². The maximum Gasteiger partial charge on any atom is 0.481 e. The minimum absolute atomic E-state index is 0.0433. The third kappa shape index (κ3) is 7.00. The number of ketones is 1. The molecule has 43 heavy (non-hydrogen) atoms. The zero-order chi connectivity index (χ0) is 31.7. The number of nitro groups is 1. The van der Waals surface area contributed by atoms with Gasteiger partial charge in [0.05, 0.1) is 23.2 Å². The van der Waals surface area contributed by atoms with Gasteiger partial charge in [0.1, 0.15) is 0 Å². The molecule has 0 spiro atoms. The second kappa shape index (κ2) is 12.9. The number of aliphatic imine (C=N–C) groups is 1. The molecule has 5 rings (SSSR count). The summed E-state index contributed by atoms with van der Waals surface area (Å²) >= 11 is 0. The molecule has 11 nitrogen and oxygen atoms in total. The van der Waals surface area contributed by atoms with E-state index in [9.17, 15) is 28.5 Å². The first-order valence-corrected chi connectivity index (χ1v) is 14.9. The molecular formula is C29H42BF2N5O6. The van der Waals surface area contributed by atoms with Gasteiger partial charge in [0, 0.05) is 18.9 Å². The van der Waals surface area contributed by atoms with Crippen LogP contribution < -0.4 is 16.5 Å². The molecule has 0 unspecified atom stereocenters. The Hall–Kier alpha value is -3.13. The van der Waals surface area contributed by atoms with Crippen LogP contribution in [0.4, 0.5) is 8.78 Å². The molecule has 1 heterocycles. The fraction of sp³-hybridized carbons (Fsp3) is 0.690. The molecule has 4 fully saturated rings. The van der Waals surface area contributed by atoms with Gasteiger partial charge in [-0.25, -0.2) is 23.9 Å². The Kier molecular flexibility index (Phi) is 9.80. The number of carbonyl (C=O) groups excluding carboxylic acids is 2. The second-order valence-corrected chi connectivity index (χ2v) is 13.3. The number of rotatable bonds is 13. The minimum atomic E-state index is -1.27. The summed E-state index contributed by atoms with van der Waals surface area (Å²) in [5, 5.41) is 12.8. The van der Waals surface area contributed by atoms with Gasteiger partial charge in [0.2, 0.25) is 5.91 Å². The number of halogens is 2. The van der Waals surface area contributed by atoms with E-state index in [1.54, 1.807) is 5.43 Å². The van der Waals surface area contributed by atoms with Crippen molar-refractivity contribution in [1.82, 2.24) is 10.7 Å². The Morgan fingerprint density at radius 1 is 1.26 bits per heavy atom. The first-order chi connectivity index (χ1) is 20.1. The van der Waals surface area contributed by atoms with Crippen molar-refractivity contribution >= 4 is 24.8 Å². The summed E-state index contributed by atoms with van der Waals surface area (Å²) in [5.74, 6) is -4.32. The Labute approximate surface area is 251 Å². The molecule has 2 bridgehead atoms. The molecule has 1 amide bonds. The lowest BCUT2D eigenvalue weighted by Crippen LogP contribution is -2.65. The van der Waals surface area contributed by atoms with Crippen LogP contribution in [0.5, 0.6) is 0 Å². The molecule has 1 aromatic rings. The molecule has 236 valence electrons. The van der Waals surface area contributed by atoms with Crippen LogP contribution in [0.2, 0.25) is 0 Å². The Balaban J connectivity index is 1.49. The largest absolute Gasteiger partial charge is 0.481 e. The van der Waals surface area contributed by atoms with Gasteiger partial charge >= 0.3 is 7.12 Å². The van der Waals surface area contributed by atoms with Gasteiger partial charge in [0.25, 0.3) is 5.96 Å². The lowest BCUT2D eigenvalue weighted by molar-refractivity contribution is -0.525. The number of hydrazine groups is 1. The number of amides is 1. The van der Waals surface area contributed by atoms with Gasteiger partial charge in [-0.15, -0.1) is 0 Å². The predicted octanol–water partition coefficient (Wildman–Crippen LogP) is 3.83. The number of nitrogens with zero attached hydrogens (tertiary/aromatic N) is 2. The lowest BCUT2D eigenvalue weighted by atomic mass is 9.43. The molecule has 6 atom stereocenters. The van der Waals surface area contributed by atoms with Crippen molar-refractivity contribution in [2.75, 3.05) is 6.54 Å². The fourth-order valence-corrected chi connectivity index (χ4v) is 7.16. The average molecular weight is 605 g/mol. The summed E-state index contributed by atoms with van der Waals surface area (Å²) in [6.07, 6.45) is 2.47. The quantitative estimate of drug-likeness (QED) is 0.0582. The standard InChI is InChI=1S/C29H42BF2N5O6/c1-16(2)12-24(30-42-23-15-18-14-22(28(18,3)4)29(23,5)43-30)35-26(39)17(8-7-11-34-27(33)36-37(40)41)13-21(38)19-9-6-10-20(31)25(19)32/h6,9-10,16-18,22-24H,7-8,11-15H2,1-5H3,(H,35,39)(H3,33,34,36)/t17-,18+,22+,23-,24+,29+/m1/s1. The van der Waals surface area contributed by atoms with Gasteiger partial charge in [-0.2, -0.15) is 0 Å². The lowest BCUT2D eigenvalue weighted by Gasteiger charge is -2.64. The molecule has 0 aromatic heterocycles. The third-order valence-corrected chi connectivity index (χ3v) is 9.60. The van der Waals surface area contributed by atoms with Crippen LogP contribution in [0.1, 0.15) is 83.5 Å². The Bertz CT molecular complexity index is 1270. The molecule has 1 aliphatic heterocycles. The van der Waals surface area contributed by atoms with Crippen LogP contribution in [-0.4, -0.2) is 54.0 Å². The van der Waals surface area contributed by atoms with Crippen molar-refractivity contribution in [3.8, 4) is 0 Å². The van der Waals surface area contributed by atoms with Crippen molar-refractivity contribution in [3.63, 3.8) is 0 Å². The summed E-state index contributed by atoms with van der Waals surface area (Å²) in [7, 11) is -0.675. The van der Waals surface area contributed by atoms with Crippen LogP contribution in [-0.2, 0) is 14.1 Å². The number of hydrogen-bond donors (Lipinski definition) is 3. The number of nitrogens with one attached hydrogen (secondary N) is 2. The van der Waals surface area contributed by atoms with E-state index in [0.29, 0.717) is 18.3 Å². The van der Waals surface area contributed by atoms with E-state index < -0.39 is 64.5 Å². The SMILES string of the molecule is CC(C)C[C@H](NC(=O)[C@H](CCCN=C(N)N[N+](=O)[O-])CC(=O)c1cccc(F)c1F)B1O[C@@H]2C[C@@H]3C[C@@H](C3(C)C)[C@]2(C)O1. The molecule has 3 saturated carbocycles. The van der Waals surface area contributed by atoms with Gasteiger partial charge in [-0.05, 0) is 74.3 Å². The van der Waals surface area contributed by atoms with Crippen molar-refractivity contribution in [2.24, 2.45) is 39.8 Å². The van der Waals surface area contributed by atoms with E-state index in [0.717, 1.165) is 18.9 Å². The number of hydrogen-bond acceptors (Lipinski definition) is 7. The highest BCUT2D eigenvalue weighted by Crippen LogP contribution is 2.65. The molecule has 1 saturated heterocycles. The smallest absolute Gasteiger partial charge is 0.404 e. The van der Waals surface area contributed by atoms with Crippen molar-refractivity contribution in [1.29, 1.82) is 0 Å². The molecule has 4 N–H and O–H groups in total. The Morgan fingerprint density at radius 2 is 1.98 bits per heavy atom. The van der Waals surface area contributed by atoms with Crippen molar-refractivity contribution in [3.05, 3.63) is 45.5 Å². The van der Waals surface area contributed by atoms with E-state index in [1.165, 1.54) is 12.1 Å². The highest BCUT2D eigenvalue weighted by Gasteiger charge is 2.68. The number of nitrogens with two attached hydrogens (primary N) is 1. The van der Waals surface area contributed by atoms with Gasteiger partial charge < -0.3 is 20.4 Å². The third-order valence-electron chi connectivity index (χ3n) is 9.60. The summed E-state index contributed by atoms with van der Waals surface area (Å²) in [6, 6.07) is 3.33. The van der Waals surface area contributed by atoms with Gasteiger partial charge in [-0.3, -0.25) is 9.59 Å². The van der Waals surface area contributed by atoms with Crippen LogP contribution in [0, 0.1) is 50.8 Å². The van der Waals surface area contributed by atoms with E-state index in [-0.39, 0.29) is 43.2 Å². The van der Waals surface area contributed by atoms with Crippen LogP contribution in [0.15, 0.2) is 23.2 Å². The Morgan fingerprint density at radius 3 is 2.63 bits per heavy atom. The normalized spacial score (nSPS) is 27.2. The maximum absolute atomic E-state index is 14.4. The van der Waals surface area contributed by atoms with Gasteiger partial charge in [-0.1, -0.05) is 39.2 Å². The van der Waals surface area contributed by atoms with Crippen LogP contribution in [0.25, 0.3) is 0 Å². The molecule has 1 aromatic carbocycles. The highest BCUT2D eigenvalue weighted by molar-refractivity contribution is 6.47. The van der Waals surface area contributed by atoms with Gasteiger partial charge in [0.15, 0.2) is 22.5 Å². The summed E-state index contributed by atoms with van der Waals surface area (Å²) < 4.78 is 41.3. The van der Waals surface area contributed by atoms with Crippen LogP contribution >= 0.6 is 0 Å². The molecular weight excluding hydrogens is 563 g/mol. The maximum atomic E-state index is 14.4. The van der Waals surface area contributed by atoms with E-state index >= 15 is 0 Å². The highest BCUT2D eigenvalue weighted by atomic mass is 19.2. The second-order valence-electron chi connectivity index (χ2n) is 13.3. The van der Waals surface area contributed by atoms with E-state index in [2.05, 4.69) is 31.1 Å². The molecule has 0 radical (unpaired) electrons. The zero-order valence-electron chi connectivity index (χ0n) is 25.4. The summed E-state index contributed by atoms with van der Waals surface area (Å²) in [4.78, 5) is 41.2. The zero-order valence-corrected chi connectivity index (χ0v) is 25.4. The summed E-state index contributed by atoms with van der Waals surface area (Å²) in [6.45, 7) is 10.7.